The van der Waals surface area contributed by atoms with Crippen LogP contribution in [0.25, 0.3) is 0 Å². The first-order chi connectivity index (χ1) is 8.79. The van der Waals surface area contributed by atoms with Gasteiger partial charge in [-0.1, -0.05) is 30.3 Å². The third kappa shape index (κ3) is 5.10. The summed E-state index contributed by atoms with van der Waals surface area (Å²) in [7, 11) is 1.69. The van der Waals surface area contributed by atoms with Gasteiger partial charge in [-0.3, -0.25) is 4.79 Å². The molecule has 0 spiro atoms. The predicted octanol–water partition coefficient (Wildman–Crippen LogP) is 3.06. The number of esters is 1. The maximum absolute atomic E-state index is 11.9. The monoisotopic (exact) mass is 268 g/mol. The molecule has 0 N–H and O–H groups in total. The zero-order valence-corrected chi connectivity index (χ0v) is 11.7. The summed E-state index contributed by atoms with van der Waals surface area (Å²) in [5.74, 6) is 0.720. The Labute approximate surface area is 113 Å². The fourth-order valence-electron chi connectivity index (χ4n) is 1.55. The molecule has 1 atom stereocenters. The van der Waals surface area contributed by atoms with Crippen LogP contribution in [0.4, 0.5) is 0 Å². The maximum Gasteiger partial charge on any atom is 0.323 e. The van der Waals surface area contributed by atoms with Gasteiger partial charge in [-0.15, -0.1) is 11.8 Å². The summed E-state index contributed by atoms with van der Waals surface area (Å²) in [6.45, 7) is 2.97. The average Bonchev–Trinajstić information content (AvgIpc) is 2.40. The van der Waals surface area contributed by atoms with E-state index in [-0.39, 0.29) is 11.2 Å². The van der Waals surface area contributed by atoms with Crippen LogP contribution in [0.5, 0.6) is 0 Å². The van der Waals surface area contributed by atoms with Gasteiger partial charge in [-0.2, -0.15) is 0 Å². The molecule has 0 bridgehead atoms. The summed E-state index contributed by atoms with van der Waals surface area (Å²) in [5, 5.41) is -0.233. The van der Waals surface area contributed by atoms with Crippen molar-refractivity contribution in [2.24, 2.45) is 0 Å². The van der Waals surface area contributed by atoms with Gasteiger partial charge < -0.3 is 9.47 Å². The zero-order valence-electron chi connectivity index (χ0n) is 10.9. The molecule has 0 amide bonds. The highest BCUT2D eigenvalue weighted by molar-refractivity contribution is 8.00. The second kappa shape index (κ2) is 9.00. The Morgan fingerprint density at radius 3 is 2.67 bits per heavy atom. The zero-order chi connectivity index (χ0) is 13.2. The number of carbonyl (C=O) groups excluding carboxylic acids is 1. The van der Waals surface area contributed by atoms with Crippen molar-refractivity contribution in [3.8, 4) is 0 Å². The molecule has 1 unspecified atom stereocenters. The van der Waals surface area contributed by atoms with Gasteiger partial charge in [0.25, 0.3) is 0 Å². The third-order valence-corrected chi connectivity index (χ3v) is 3.70. The van der Waals surface area contributed by atoms with Crippen molar-refractivity contribution in [1.82, 2.24) is 0 Å². The number of ether oxygens (including phenoxy) is 2. The molecule has 0 aliphatic heterocycles. The van der Waals surface area contributed by atoms with Crippen LogP contribution in [-0.2, 0) is 14.3 Å². The molecule has 3 nitrogen and oxygen atoms in total. The van der Waals surface area contributed by atoms with Gasteiger partial charge in [0.2, 0.25) is 0 Å². The molecule has 1 aromatic rings. The van der Waals surface area contributed by atoms with Gasteiger partial charge in [0, 0.05) is 13.7 Å². The minimum atomic E-state index is -0.233. The van der Waals surface area contributed by atoms with E-state index in [0.29, 0.717) is 6.61 Å². The summed E-state index contributed by atoms with van der Waals surface area (Å²) >= 11 is 1.61. The average molecular weight is 268 g/mol. The molecule has 1 aromatic carbocycles. The lowest BCUT2D eigenvalue weighted by Gasteiger charge is -2.15. The van der Waals surface area contributed by atoms with Gasteiger partial charge in [0.1, 0.15) is 5.25 Å². The summed E-state index contributed by atoms with van der Waals surface area (Å²) in [4.78, 5) is 11.9. The molecule has 4 heteroatoms. The van der Waals surface area contributed by atoms with Crippen molar-refractivity contribution < 1.29 is 14.3 Å². The van der Waals surface area contributed by atoms with E-state index in [4.69, 9.17) is 9.47 Å². The van der Waals surface area contributed by atoms with E-state index in [0.717, 1.165) is 24.3 Å². The first-order valence-electron chi connectivity index (χ1n) is 6.11. The second-order valence-corrected chi connectivity index (χ2v) is 4.97. The highest BCUT2D eigenvalue weighted by atomic mass is 32.2. The van der Waals surface area contributed by atoms with E-state index in [1.54, 1.807) is 18.9 Å². The van der Waals surface area contributed by atoms with Crippen LogP contribution in [-0.4, -0.2) is 32.0 Å². The van der Waals surface area contributed by atoms with Gasteiger partial charge in [-0.05, 0) is 24.7 Å². The number of rotatable bonds is 8. The van der Waals surface area contributed by atoms with Crippen molar-refractivity contribution in [1.29, 1.82) is 0 Å². The summed E-state index contributed by atoms with van der Waals surface area (Å²) in [6, 6.07) is 9.76. The number of methoxy groups -OCH3 is 1. The normalized spacial score (nSPS) is 12.1. The van der Waals surface area contributed by atoms with Crippen LogP contribution >= 0.6 is 11.8 Å². The molecule has 0 aliphatic rings. The molecule has 0 heterocycles. The van der Waals surface area contributed by atoms with E-state index in [2.05, 4.69) is 0 Å². The van der Waals surface area contributed by atoms with Crippen LogP contribution in [0.3, 0.4) is 0 Å². The van der Waals surface area contributed by atoms with Crippen LogP contribution < -0.4 is 0 Å². The Balaban J connectivity index is 2.61. The molecular formula is C14H20O3S. The molecule has 0 radical (unpaired) electrons. The van der Waals surface area contributed by atoms with Gasteiger partial charge in [0.05, 0.1) is 6.61 Å². The van der Waals surface area contributed by atoms with Gasteiger partial charge >= 0.3 is 5.97 Å². The number of hydrogen-bond acceptors (Lipinski definition) is 4. The minimum absolute atomic E-state index is 0.161. The fraction of sp³-hybridized carbons (Fsp3) is 0.500. The molecule has 0 fully saturated rings. The van der Waals surface area contributed by atoms with Crippen LogP contribution in [0.1, 0.15) is 24.2 Å². The number of carbonyl (C=O) groups is 1. The molecule has 18 heavy (non-hydrogen) atoms. The lowest BCUT2D eigenvalue weighted by Crippen LogP contribution is -2.14. The van der Waals surface area contributed by atoms with Crippen molar-refractivity contribution in [2.75, 3.05) is 26.1 Å². The standard InChI is InChI=1S/C14H20O3S/c1-3-17-14(15)13(18-11-7-10-16-2)12-8-5-4-6-9-12/h4-6,8-9,13H,3,7,10-11H2,1-2H3. The fourth-order valence-corrected chi connectivity index (χ4v) is 2.62. The summed E-state index contributed by atoms with van der Waals surface area (Å²) in [5.41, 5.74) is 0.998. The maximum atomic E-state index is 11.9. The highest BCUT2D eigenvalue weighted by Gasteiger charge is 2.21. The molecule has 0 saturated heterocycles. The number of benzene rings is 1. The van der Waals surface area contributed by atoms with Crippen molar-refractivity contribution in [3.63, 3.8) is 0 Å². The minimum Gasteiger partial charge on any atom is -0.465 e. The van der Waals surface area contributed by atoms with E-state index in [9.17, 15) is 4.79 Å². The Hall–Kier alpha value is -1.00. The summed E-state index contributed by atoms with van der Waals surface area (Å²) in [6.07, 6.45) is 0.934. The molecule has 1 rings (SSSR count). The summed E-state index contributed by atoms with van der Waals surface area (Å²) < 4.78 is 10.1. The van der Waals surface area contributed by atoms with Crippen LogP contribution in [0.15, 0.2) is 30.3 Å². The van der Waals surface area contributed by atoms with Crippen LogP contribution in [0, 0.1) is 0 Å². The van der Waals surface area contributed by atoms with E-state index in [1.807, 2.05) is 37.3 Å². The number of thioether (sulfide) groups is 1. The Morgan fingerprint density at radius 2 is 2.06 bits per heavy atom. The smallest absolute Gasteiger partial charge is 0.323 e. The van der Waals surface area contributed by atoms with Gasteiger partial charge in [0.15, 0.2) is 0 Å². The lowest BCUT2D eigenvalue weighted by atomic mass is 10.1. The predicted molar refractivity (Wildman–Crippen MR) is 74.8 cm³/mol. The first-order valence-corrected chi connectivity index (χ1v) is 7.16. The SMILES string of the molecule is CCOC(=O)C(SCCCOC)c1ccccc1. The Kier molecular flexibility index (Phi) is 7.53. The van der Waals surface area contributed by atoms with Gasteiger partial charge in [-0.25, -0.2) is 0 Å². The molecule has 100 valence electrons. The first kappa shape index (κ1) is 15.1. The molecule has 0 saturated carbocycles. The van der Waals surface area contributed by atoms with E-state index < -0.39 is 0 Å². The van der Waals surface area contributed by atoms with Crippen molar-refractivity contribution >= 4 is 17.7 Å². The van der Waals surface area contributed by atoms with E-state index >= 15 is 0 Å². The quantitative estimate of drug-likeness (QED) is 0.536. The Bertz CT molecular complexity index is 340. The molecular weight excluding hydrogens is 248 g/mol. The van der Waals surface area contributed by atoms with Crippen LogP contribution in [0.2, 0.25) is 0 Å². The molecule has 0 aliphatic carbocycles. The lowest BCUT2D eigenvalue weighted by molar-refractivity contribution is -0.142. The van der Waals surface area contributed by atoms with Crippen molar-refractivity contribution in [2.45, 2.75) is 18.6 Å². The second-order valence-electron chi connectivity index (χ2n) is 3.76. The largest absolute Gasteiger partial charge is 0.465 e. The van der Waals surface area contributed by atoms with Crippen molar-refractivity contribution in [3.05, 3.63) is 35.9 Å². The third-order valence-electron chi connectivity index (χ3n) is 2.38. The topological polar surface area (TPSA) is 35.5 Å². The number of hydrogen-bond donors (Lipinski definition) is 0. The highest BCUT2D eigenvalue weighted by Crippen LogP contribution is 2.30. The molecule has 0 aromatic heterocycles. The van der Waals surface area contributed by atoms with E-state index in [1.165, 1.54) is 0 Å². The Morgan fingerprint density at radius 1 is 1.33 bits per heavy atom.